The van der Waals surface area contributed by atoms with E-state index in [0.29, 0.717) is 27.9 Å². The number of halogens is 1. The van der Waals surface area contributed by atoms with E-state index in [4.69, 9.17) is 4.74 Å². The fraction of sp³-hybridized carbons (Fsp3) is 0.269. The van der Waals surface area contributed by atoms with Crippen LogP contribution in [0.2, 0.25) is 0 Å². The third kappa shape index (κ3) is 5.87. The number of benzene rings is 2. The Kier molecular flexibility index (Phi) is 6.86. The first kappa shape index (κ1) is 24.0. The maximum absolute atomic E-state index is 13.9. The molecule has 2 aromatic carbocycles. The second kappa shape index (κ2) is 10.0. The summed E-state index contributed by atoms with van der Waals surface area (Å²) in [4.78, 5) is 39.1. The van der Waals surface area contributed by atoms with Gasteiger partial charge in [0.05, 0.1) is 11.1 Å². The summed E-state index contributed by atoms with van der Waals surface area (Å²) in [6.07, 6.45) is 1.92. The van der Waals surface area contributed by atoms with Gasteiger partial charge in [0.25, 0.3) is 5.56 Å². The smallest absolute Gasteiger partial charge is 0.335 e. The van der Waals surface area contributed by atoms with E-state index in [0.717, 1.165) is 12.8 Å². The van der Waals surface area contributed by atoms with E-state index in [1.165, 1.54) is 24.3 Å². The summed E-state index contributed by atoms with van der Waals surface area (Å²) >= 11 is 0. The first-order chi connectivity index (χ1) is 16.7. The number of aromatic nitrogens is 1. The molecule has 35 heavy (non-hydrogen) atoms. The number of carbonyl (C=O) groups excluding carboxylic acids is 1. The lowest BCUT2D eigenvalue weighted by Gasteiger charge is -2.16. The number of ether oxygens (including phenoxy) is 1. The Morgan fingerprint density at radius 2 is 1.89 bits per heavy atom. The zero-order chi connectivity index (χ0) is 25.1. The van der Waals surface area contributed by atoms with Crippen LogP contribution in [0.1, 0.15) is 45.6 Å². The Bertz CT molecular complexity index is 1350. The van der Waals surface area contributed by atoms with Gasteiger partial charge >= 0.3 is 12.0 Å². The van der Waals surface area contributed by atoms with E-state index >= 15 is 0 Å². The highest BCUT2D eigenvalue weighted by molar-refractivity contribution is 5.90. The van der Waals surface area contributed by atoms with Crippen LogP contribution in [0.3, 0.4) is 0 Å². The Morgan fingerprint density at radius 1 is 1.11 bits per heavy atom. The number of carbonyl (C=O) groups is 2. The number of amides is 2. The lowest BCUT2D eigenvalue weighted by molar-refractivity contribution is 0.0697. The van der Waals surface area contributed by atoms with Crippen LogP contribution in [-0.4, -0.2) is 28.1 Å². The third-order valence-corrected chi connectivity index (χ3v) is 5.79. The van der Waals surface area contributed by atoms with E-state index in [9.17, 15) is 23.9 Å². The number of urea groups is 1. The van der Waals surface area contributed by atoms with Gasteiger partial charge in [-0.25, -0.2) is 14.0 Å². The van der Waals surface area contributed by atoms with Gasteiger partial charge < -0.3 is 25.5 Å². The van der Waals surface area contributed by atoms with Gasteiger partial charge in [-0.05, 0) is 73.2 Å². The number of aromatic carboxylic acids is 1. The summed E-state index contributed by atoms with van der Waals surface area (Å²) in [6.45, 7) is 3.61. The molecule has 1 saturated carbocycles. The topological polar surface area (TPSA) is 121 Å². The Labute approximate surface area is 201 Å². The number of carboxylic acid groups (broad SMARTS) is 1. The van der Waals surface area contributed by atoms with Crippen LogP contribution in [0.5, 0.6) is 5.75 Å². The van der Waals surface area contributed by atoms with Crippen molar-refractivity contribution < 1.29 is 23.8 Å². The first-order valence-electron chi connectivity index (χ1n) is 11.2. The lowest BCUT2D eigenvalue weighted by atomic mass is 9.98. The number of nitrogens with one attached hydrogen (secondary N) is 3. The molecule has 4 rings (SSSR count). The van der Waals surface area contributed by atoms with Crippen molar-refractivity contribution in [2.24, 2.45) is 0 Å². The SMILES string of the molecule is Cc1cc(OCc2ccc(F)cc2CNC(=O)NC2CC2)c(-c2cc(C(=O)O)ccc2C)c(=O)[nH]1. The van der Waals surface area contributed by atoms with E-state index in [1.807, 2.05) is 0 Å². The number of aromatic amines is 1. The largest absolute Gasteiger partial charge is 0.488 e. The van der Waals surface area contributed by atoms with Crippen LogP contribution in [0.4, 0.5) is 9.18 Å². The second-order valence-corrected chi connectivity index (χ2v) is 8.66. The van der Waals surface area contributed by atoms with E-state index in [-0.39, 0.29) is 42.1 Å². The first-order valence-corrected chi connectivity index (χ1v) is 11.2. The molecule has 9 heteroatoms. The van der Waals surface area contributed by atoms with Gasteiger partial charge in [-0.2, -0.15) is 0 Å². The summed E-state index contributed by atoms with van der Waals surface area (Å²) in [6, 6.07) is 10.3. The van der Waals surface area contributed by atoms with Crippen LogP contribution in [0.25, 0.3) is 11.1 Å². The predicted molar refractivity (Wildman–Crippen MR) is 128 cm³/mol. The summed E-state index contributed by atoms with van der Waals surface area (Å²) in [5.41, 5.74) is 2.75. The molecule has 0 unspecified atom stereocenters. The molecular formula is C26H26FN3O5. The van der Waals surface area contributed by atoms with Crippen LogP contribution in [-0.2, 0) is 13.2 Å². The monoisotopic (exact) mass is 479 g/mol. The highest BCUT2D eigenvalue weighted by Crippen LogP contribution is 2.31. The van der Waals surface area contributed by atoms with E-state index in [1.54, 1.807) is 32.0 Å². The van der Waals surface area contributed by atoms with Crippen LogP contribution < -0.4 is 20.9 Å². The number of rotatable bonds is 8. The van der Waals surface area contributed by atoms with Gasteiger partial charge in [-0.3, -0.25) is 4.79 Å². The van der Waals surface area contributed by atoms with Gasteiger partial charge in [0, 0.05) is 24.3 Å². The highest BCUT2D eigenvalue weighted by Gasteiger charge is 2.23. The Hall–Kier alpha value is -4.14. The number of H-pyrrole nitrogens is 1. The van der Waals surface area contributed by atoms with Crippen LogP contribution >= 0.6 is 0 Å². The molecule has 1 aliphatic rings. The molecule has 0 radical (unpaired) electrons. The Morgan fingerprint density at radius 3 is 2.60 bits per heavy atom. The molecular weight excluding hydrogens is 453 g/mol. The van der Waals surface area contributed by atoms with Crippen molar-refractivity contribution >= 4 is 12.0 Å². The third-order valence-electron chi connectivity index (χ3n) is 5.79. The molecule has 1 fully saturated rings. The van der Waals surface area contributed by atoms with Crippen molar-refractivity contribution in [2.75, 3.05) is 0 Å². The molecule has 0 atom stereocenters. The average molecular weight is 480 g/mol. The van der Waals surface area contributed by atoms with Gasteiger partial charge in [-0.1, -0.05) is 12.1 Å². The number of hydrogen-bond acceptors (Lipinski definition) is 4. The van der Waals surface area contributed by atoms with Crippen LogP contribution in [0.15, 0.2) is 47.3 Å². The molecule has 1 aromatic heterocycles. The van der Waals surface area contributed by atoms with Crippen LogP contribution in [0, 0.1) is 19.7 Å². The number of carboxylic acids is 1. The van der Waals surface area contributed by atoms with Gasteiger partial charge in [0.1, 0.15) is 18.2 Å². The predicted octanol–water partition coefficient (Wildman–Crippen LogP) is 4.04. The minimum Gasteiger partial charge on any atom is -0.488 e. The summed E-state index contributed by atoms with van der Waals surface area (Å²) in [7, 11) is 0. The van der Waals surface area contributed by atoms with Gasteiger partial charge in [-0.15, -0.1) is 0 Å². The quantitative estimate of drug-likeness (QED) is 0.389. The maximum Gasteiger partial charge on any atom is 0.335 e. The number of pyridine rings is 1. The van der Waals surface area contributed by atoms with Gasteiger partial charge in [0.15, 0.2) is 0 Å². The zero-order valence-electron chi connectivity index (χ0n) is 19.4. The lowest BCUT2D eigenvalue weighted by Crippen LogP contribution is -2.36. The van der Waals surface area contributed by atoms with Crippen molar-refractivity contribution in [3.05, 3.63) is 86.6 Å². The molecule has 8 nitrogen and oxygen atoms in total. The summed E-state index contributed by atoms with van der Waals surface area (Å²) in [5, 5.41) is 14.9. The summed E-state index contributed by atoms with van der Waals surface area (Å²) < 4.78 is 20.0. The fourth-order valence-electron chi connectivity index (χ4n) is 3.75. The molecule has 1 heterocycles. The van der Waals surface area contributed by atoms with Crippen molar-refractivity contribution in [3.8, 4) is 16.9 Å². The minimum absolute atomic E-state index is 0.00903. The van der Waals surface area contributed by atoms with E-state index in [2.05, 4.69) is 15.6 Å². The average Bonchev–Trinajstić information content (AvgIpc) is 3.61. The van der Waals surface area contributed by atoms with E-state index < -0.39 is 17.3 Å². The molecule has 0 saturated heterocycles. The number of hydrogen-bond donors (Lipinski definition) is 4. The van der Waals surface area contributed by atoms with Crippen molar-refractivity contribution in [3.63, 3.8) is 0 Å². The molecule has 0 aliphatic heterocycles. The van der Waals surface area contributed by atoms with Crippen molar-refractivity contribution in [2.45, 2.75) is 45.9 Å². The standard InChI is InChI=1S/C26H26FN3O5/c1-14-3-4-16(25(32)33)11-21(14)23-22(9-15(2)29-24(23)31)35-13-17-5-6-19(27)10-18(17)12-28-26(34)30-20-7-8-20/h3-6,9-11,20H,7-8,12-13H2,1-2H3,(H,29,31)(H,32,33)(H2,28,30,34). The molecule has 1 aliphatic carbocycles. The molecule has 3 aromatic rings. The summed E-state index contributed by atoms with van der Waals surface area (Å²) in [5.74, 6) is -1.28. The van der Waals surface area contributed by atoms with Crippen molar-refractivity contribution in [1.29, 1.82) is 0 Å². The Balaban J connectivity index is 1.61. The van der Waals surface area contributed by atoms with Crippen molar-refractivity contribution in [1.82, 2.24) is 15.6 Å². The maximum atomic E-state index is 13.9. The molecule has 182 valence electrons. The zero-order valence-corrected chi connectivity index (χ0v) is 19.4. The molecule has 0 spiro atoms. The van der Waals surface area contributed by atoms with Gasteiger partial charge in [0.2, 0.25) is 0 Å². The fourth-order valence-corrected chi connectivity index (χ4v) is 3.75. The molecule has 2 amide bonds. The normalized spacial score (nSPS) is 12.8. The second-order valence-electron chi connectivity index (χ2n) is 8.66. The molecule has 4 N–H and O–H groups in total. The minimum atomic E-state index is -1.11. The molecule has 0 bridgehead atoms. The number of aryl methyl sites for hydroxylation is 2. The highest BCUT2D eigenvalue weighted by atomic mass is 19.1.